The number of anilines is 2. The van der Waals surface area contributed by atoms with Crippen molar-refractivity contribution in [2.45, 2.75) is 13.0 Å². The Morgan fingerprint density at radius 1 is 1.18 bits per heavy atom. The summed E-state index contributed by atoms with van der Waals surface area (Å²) in [6.07, 6.45) is 7.12. The summed E-state index contributed by atoms with van der Waals surface area (Å²) in [4.78, 5) is 28.7. The number of pyridine rings is 1. The maximum absolute atomic E-state index is 12.9. The first-order chi connectivity index (χ1) is 16.7. The molecule has 34 heavy (non-hydrogen) atoms. The number of halogens is 1. The lowest BCUT2D eigenvalue weighted by Gasteiger charge is -2.17. The molecule has 172 valence electrons. The topological polar surface area (TPSA) is 114 Å². The summed E-state index contributed by atoms with van der Waals surface area (Å²) < 4.78 is 11.6. The van der Waals surface area contributed by atoms with Crippen molar-refractivity contribution in [2.24, 2.45) is 0 Å². The molecule has 9 nitrogen and oxygen atoms in total. The second-order valence-corrected chi connectivity index (χ2v) is 7.95. The van der Waals surface area contributed by atoms with E-state index in [1.807, 2.05) is 18.2 Å². The highest BCUT2D eigenvalue weighted by Crippen LogP contribution is 2.42. The van der Waals surface area contributed by atoms with Gasteiger partial charge >= 0.3 is 0 Å². The number of nitrogens with one attached hydrogen (secondary N) is 3. The Morgan fingerprint density at radius 3 is 2.88 bits per heavy atom. The van der Waals surface area contributed by atoms with E-state index in [4.69, 9.17) is 21.1 Å². The van der Waals surface area contributed by atoms with E-state index in [-0.39, 0.29) is 12.5 Å². The molecule has 4 aromatic rings. The number of benzene rings is 1. The summed E-state index contributed by atoms with van der Waals surface area (Å²) in [5.74, 6) is 0.863. The van der Waals surface area contributed by atoms with Gasteiger partial charge in [0.25, 0.3) is 5.91 Å². The molecule has 1 aliphatic rings. The van der Waals surface area contributed by atoms with Crippen LogP contribution in [0.1, 0.15) is 21.7 Å². The minimum absolute atomic E-state index is 0.162. The average Bonchev–Trinajstić information content (AvgIpc) is 3.23. The predicted molar refractivity (Wildman–Crippen MR) is 128 cm³/mol. The SMILES string of the molecule is COc1c(Cl)cccc1Nc1c(-c2ccncc2OCc2ccncn2)[nH]c2c1C(=O)NCC2. The minimum atomic E-state index is -0.162. The lowest BCUT2D eigenvalue weighted by Crippen LogP contribution is -2.31. The van der Waals surface area contributed by atoms with Gasteiger partial charge in [-0.1, -0.05) is 17.7 Å². The van der Waals surface area contributed by atoms with Crippen LogP contribution >= 0.6 is 11.6 Å². The average molecular weight is 477 g/mol. The molecule has 0 radical (unpaired) electrons. The summed E-state index contributed by atoms with van der Waals surface area (Å²) in [7, 11) is 1.55. The van der Waals surface area contributed by atoms with Gasteiger partial charge in [-0.25, -0.2) is 9.97 Å². The number of rotatable bonds is 7. The van der Waals surface area contributed by atoms with E-state index in [0.29, 0.717) is 52.1 Å². The Balaban J connectivity index is 1.59. The quantitative estimate of drug-likeness (QED) is 0.367. The Labute approximate surface area is 200 Å². The Morgan fingerprint density at radius 2 is 2.06 bits per heavy atom. The zero-order valence-corrected chi connectivity index (χ0v) is 19.0. The van der Waals surface area contributed by atoms with Crippen molar-refractivity contribution in [3.8, 4) is 22.8 Å². The number of ether oxygens (including phenoxy) is 2. The van der Waals surface area contributed by atoms with Crippen molar-refractivity contribution in [1.29, 1.82) is 0 Å². The van der Waals surface area contributed by atoms with Gasteiger partial charge in [-0.15, -0.1) is 0 Å². The Kier molecular flexibility index (Phi) is 6.01. The van der Waals surface area contributed by atoms with Gasteiger partial charge in [0.15, 0.2) is 5.75 Å². The van der Waals surface area contributed by atoms with E-state index in [2.05, 4.69) is 30.6 Å². The third kappa shape index (κ3) is 4.13. The van der Waals surface area contributed by atoms with Crippen LogP contribution in [0.3, 0.4) is 0 Å². The van der Waals surface area contributed by atoms with Crippen LogP contribution in [0.5, 0.6) is 11.5 Å². The fraction of sp³-hybridized carbons (Fsp3) is 0.167. The predicted octanol–water partition coefficient (Wildman–Crippen LogP) is 4.14. The number of carbonyl (C=O) groups excluding carboxylic acids is 1. The summed E-state index contributed by atoms with van der Waals surface area (Å²) in [6.45, 7) is 0.798. The molecule has 0 atom stereocenters. The standard InChI is InChI=1S/C24H21ClN6O3/c1-33-23-16(25)3-2-4-18(23)31-22-20-17(7-10-28-24(20)32)30-21(22)15-6-9-26-11-19(15)34-12-14-5-8-27-13-29-14/h2-6,8-9,11,13,30-31H,7,10,12H2,1H3,(H,28,32). The number of H-pyrrole nitrogens is 1. The number of aromatic nitrogens is 4. The molecule has 4 heterocycles. The fourth-order valence-corrected chi connectivity index (χ4v) is 4.16. The van der Waals surface area contributed by atoms with Crippen molar-refractivity contribution >= 4 is 28.9 Å². The van der Waals surface area contributed by atoms with Crippen LogP contribution in [0.15, 0.2) is 55.2 Å². The summed E-state index contributed by atoms with van der Waals surface area (Å²) in [5.41, 5.74) is 4.79. The molecule has 10 heteroatoms. The molecule has 1 aromatic carbocycles. The maximum Gasteiger partial charge on any atom is 0.255 e. The number of amides is 1. The molecule has 3 N–H and O–H groups in total. The van der Waals surface area contributed by atoms with Crippen LogP contribution in [0.4, 0.5) is 11.4 Å². The van der Waals surface area contributed by atoms with Crippen LogP contribution in [0.25, 0.3) is 11.3 Å². The molecule has 1 aliphatic heterocycles. The summed E-state index contributed by atoms with van der Waals surface area (Å²) >= 11 is 6.33. The zero-order valence-electron chi connectivity index (χ0n) is 18.3. The van der Waals surface area contributed by atoms with E-state index < -0.39 is 0 Å². The number of hydrogen-bond acceptors (Lipinski definition) is 7. The smallest absolute Gasteiger partial charge is 0.255 e. The molecule has 0 unspecified atom stereocenters. The molecule has 0 bridgehead atoms. The number of aromatic amines is 1. The van der Waals surface area contributed by atoms with E-state index in [0.717, 1.165) is 17.0 Å². The van der Waals surface area contributed by atoms with Crippen molar-refractivity contribution in [1.82, 2.24) is 25.3 Å². The van der Waals surface area contributed by atoms with Crippen molar-refractivity contribution in [2.75, 3.05) is 19.0 Å². The van der Waals surface area contributed by atoms with Gasteiger partial charge in [-0.05, 0) is 24.3 Å². The number of fused-ring (bicyclic) bond motifs is 1. The van der Waals surface area contributed by atoms with Gasteiger partial charge in [-0.2, -0.15) is 0 Å². The number of para-hydroxylation sites is 1. The number of carbonyl (C=O) groups is 1. The second-order valence-electron chi connectivity index (χ2n) is 7.54. The highest BCUT2D eigenvalue weighted by atomic mass is 35.5. The van der Waals surface area contributed by atoms with Gasteiger partial charge in [0.1, 0.15) is 18.7 Å². The van der Waals surface area contributed by atoms with Crippen LogP contribution in [0, 0.1) is 0 Å². The first kappa shape index (κ1) is 21.7. The van der Waals surface area contributed by atoms with E-state index in [1.54, 1.807) is 37.8 Å². The molecule has 0 aliphatic carbocycles. The van der Waals surface area contributed by atoms with E-state index >= 15 is 0 Å². The molecule has 3 aromatic heterocycles. The van der Waals surface area contributed by atoms with Gasteiger partial charge in [0.05, 0.1) is 46.7 Å². The molecule has 5 rings (SSSR count). The first-order valence-corrected chi connectivity index (χ1v) is 11.0. The third-order valence-electron chi connectivity index (χ3n) is 5.47. The lowest BCUT2D eigenvalue weighted by atomic mass is 10.0. The molecular weight excluding hydrogens is 456 g/mol. The molecular formula is C24H21ClN6O3. The molecule has 0 saturated carbocycles. The van der Waals surface area contributed by atoms with Crippen LogP contribution in [-0.2, 0) is 13.0 Å². The second kappa shape index (κ2) is 9.40. The van der Waals surface area contributed by atoms with Crippen LogP contribution in [-0.4, -0.2) is 39.5 Å². The minimum Gasteiger partial charge on any atom is -0.493 e. The van der Waals surface area contributed by atoms with Gasteiger partial charge < -0.3 is 25.1 Å². The molecule has 0 saturated heterocycles. The number of hydrogen-bond donors (Lipinski definition) is 3. The highest BCUT2D eigenvalue weighted by molar-refractivity contribution is 6.32. The Hall–Kier alpha value is -4.11. The van der Waals surface area contributed by atoms with E-state index in [1.165, 1.54) is 6.33 Å². The summed E-state index contributed by atoms with van der Waals surface area (Å²) in [6, 6.07) is 9.02. The van der Waals surface area contributed by atoms with E-state index in [9.17, 15) is 4.79 Å². The zero-order chi connectivity index (χ0) is 23.5. The molecule has 0 fully saturated rings. The van der Waals surface area contributed by atoms with Crippen LogP contribution < -0.4 is 20.1 Å². The Bertz CT molecular complexity index is 1340. The normalized spacial score (nSPS) is 12.6. The summed E-state index contributed by atoms with van der Waals surface area (Å²) in [5, 5.41) is 6.75. The fourth-order valence-electron chi connectivity index (χ4n) is 3.91. The van der Waals surface area contributed by atoms with Crippen molar-refractivity contribution in [3.05, 3.63) is 77.2 Å². The third-order valence-corrected chi connectivity index (χ3v) is 5.77. The van der Waals surface area contributed by atoms with Crippen LogP contribution in [0.2, 0.25) is 5.02 Å². The number of methoxy groups -OCH3 is 1. The molecule has 0 spiro atoms. The number of nitrogens with zero attached hydrogens (tertiary/aromatic N) is 3. The van der Waals surface area contributed by atoms with Crippen molar-refractivity contribution < 1.29 is 14.3 Å². The van der Waals surface area contributed by atoms with Gasteiger partial charge in [-0.3, -0.25) is 9.78 Å². The maximum atomic E-state index is 12.9. The first-order valence-electron chi connectivity index (χ1n) is 10.6. The largest absolute Gasteiger partial charge is 0.493 e. The monoisotopic (exact) mass is 476 g/mol. The molecule has 1 amide bonds. The lowest BCUT2D eigenvalue weighted by molar-refractivity contribution is 0.0947. The van der Waals surface area contributed by atoms with Gasteiger partial charge in [0.2, 0.25) is 0 Å². The van der Waals surface area contributed by atoms with Crippen molar-refractivity contribution in [3.63, 3.8) is 0 Å². The van der Waals surface area contributed by atoms with Gasteiger partial charge in [0, 0.05) is 36.6 Å². The highest BCUT2D eigenvalue weighted by Gasteiger charge is 2.28.